The van der Waals surface area contributed by atoms with Gasteiger partial charge in [0.15, 0.2) is 18.1 Å². The summed E-state index contributed by atoms with van der Waals surface area (Å²) in [6.45, 7) is 0. The van der Waals surface area contributed by atoms with Crippen LogP contribution in [0.3, 0.4) is 0 Å². The number of aliphatic hydroxyl groups excluding tert-OH is 1. The Morgan fingerprint density at radius 2 is 1.95 bits per heavy atom. The smallest absolute Gasteiger partial charge is 0.165 e. The number of pyridine rings is 2. The Bertz CT molecular complexity index is 701. The highest BCUT2D eigenvalue weighted by atomic mass is 79.9. The molecule has 1 aliphatic rings. The molecule has 0 saturated carbocycles. The average Bonchev–Trinajstić information content (AvgIpc) is 2.68. The molecule has 2 aromatic heterocycles. The zero-order valence-corrected chi connectivity index (χ0v) is 11.9. The summed E-state index contributed by atoms with van der Waals surface area (Å²) in [6.07, 6.45) is -2.41. The predicted octanol–water partition coefficient (Wildman–Crippen LogP) is 3.57. The predicted molar refractivity (Wildman–Crippen MR) is 69.9 cm³/mol. The van der Waals surface area contributed by atoms with Crippen LogP contribution in [0.4, 0.5) is 13.2 Å². The molecule has 0 spiro atoms. The second-order valence-corrected chi connectivity index (χ2v) is 5.22. The molecule has 1 aliphatic carbocycles. The first kappa shape index (κ1) is 14.3. The quantitative estimate of drug-likeness (QED) is 0.832. The van der Waals surface area contributed by atoms with E-state index in [4.69, 9.17) is 4.74 Å². The first-order valence-corrected chi connectivity index (χ1v) is 6.71. The average molecular weight is 361 g/mol. The first-order valence-electron chi connectivity index (χ1n) is 5.92. The summed E-state index contributed by atoms with van der Waals surface area (Å²) in [6, 6.07) is 1.05. The van der Waals surface area contributed by atoms with E-state index in [0.29, 0.717) is 0 Å². The minimum atomic E-state index is -2.10. The highest BCUT2D eigenvalue weighted by Gasteiger charge is 2.45. The van der Waals surface area contributed by atoms with Gasteiger partial charge < -0.3 is 9.84 Å². The molecule has 8 heteroatoms. The normalized spacial score (nSPS) is 24.0. The third-order valence-corrected chi connectivity index (χ3v) is 3.77. The Morgan fingerprint density at radius 1 is 1.19 bits per heavy atom. The van der Waals surface area contributed by atoms with Gasteiger partial charge in [0.05, 0.1) is 18.6 Å². The standard InChI is InChI=1S/C13H8BrF3N2O2/c14-13-9-8(10(16)11(17)12(9)20)7(4-19-13)21-6-1-5(15)2-18-3-6/h1-4,10-12,20H/t10-,11-,12+/m1/s1. The van der Waals surface area contributed by atoms with Crippen LogP contribution in [0.5, 0.6) is 11.5 Å². The van der Waals surface area contributed by atoms with Crippen LogP contribution in [0.1, 0.15) is 23.4 Å². The number of hydrogen-bond donors (Lipinski definition) is 1. The van der Waals surface area contributed by atoms with Crippen molar-refractivity contribution in [3.8, 4) is 11.5 Å². The highest BCUT2D eigenvalue weighted by Crippen LogP contribution is 2.50. The van der Waals surface area contributed by atoms with E-state index in [1.165, 1.54) is 12.4 Å². The van der Waals surface area contributed by atoms with Crippen molar-refractivity contribution < 1.29 is 23.0 Å². The van der Waals surface area contributed by atoms with Crippen LogP contribution in [-0.4, -0.2) is 21.2 Å². The van der Waals surface area contributed by atoms with Crippen LogP contribution in [0.15, 0.2) is 29.3 Å². The van der Waals surface area contributed by atoms with Crippen molar-refractivity contribution in [1.29, 1.82) is 0 Å². The van der Waals surface area contributed by atoms with E-state index in [2.05, 4.69) is 25.9 Å². The molecule has 2 aromatic rings. The van der Waals surface area contributed by atoms with Crippen molar-refractivity contribution in [1.82, 2.24) is 9.97 Å². The Balaban J connectivity index is 2.06. The molecular weight excluding hydrogens is 353 g/mol. The summed E-state index contributed by atoms with van der Waals surface area (Å²) >= 11 is 3.04. The molecule has 110 valence electrons. The Kier molecular flexibility index (Phi) is 3.58. The van der Waals surface area contributed by atoms with Gasteiger partial charge in [-0.15, -0.1) is 0 Å². The van der Waals surface area contributed by atoms with E-state index in [0.717, 1.165) is 12.3 Å². The zero-order chi connectivity index (χ0) is 15.1. The maximum absolute atomic E-state index is 14.0. The largest absolute Gasteiger partial charge is 0.454 e. The molecule has 3 atom stereocenters. The third kappa shape index (κ3) is 2.38. The fourth-order valence-corrected chi connectivity index (χ4v) is 2.75. The number of halogens is 4. The fourth-order valence-electron chi connectivity index (χ4n) is 2.20. The molecule has 0 aromatic carbocycles. The summed E-state index contributed by atoms with van der Waals surface area (Å²) in [7, 11) is 0. The van der Waals surface area contributed by atoms with E-state index >= 15 is 0 Å². The molecule has 0 unspecified atom stereocenters. The zero-order valence-electron chi connectivity index (χ0n) is 10.3. The van der Waals surface area contributed by atoms with Crippen LogP contribution < -0.4 is 4.74 Å². The van der Waals surface area contributed by atoms with Crippen LogP contribution in [0, 0.1) is 5.82 Å². The number of aliphatic hydroxyl groups is 1. The summed E-state index contributed by atoms with van der Waals surface area (Å²) in [5, 5.41) is 9.72. The van der Waals surface area contributed by atoms with Gasteiger partial charge in [0.25, 0.3) is 0 Å². The molecule has 0 radical (unpaired) electrons. The topological polar surface area (TPSA) is 55.2 Å². The van der Waals surface area contributed by atoms with Gasteiger partial charge >= 0.3 is 0 Å². The van der Waals surface area contributed by atoms with E-state index in [1.54, 1.807) is 0 Å². The SMILES string of the molecule is O[C@H]1c2c(Br)ncc(Oc3cncc(F)c3)c2[C@@H](F)[C@H]1F. The van der Waals surface area contributed by atoms with Crippen molar-refractivity contribution in [3.05, 3.63) is 46.2 Å². The monoisotopic (exact) mass is 360 g/mol. The maximum Gasteiger partial charge on any atom is 0.165 e. The molecule has 0 fully saturated rings. The lowest BCUT2D eigenvalue weighted by Gasteiger charge is -2.12. The van der Waals surface area contributed by atoms with Gasteiger partial charge in [-0.1, -0.05) is 0 Å². The maximum atomic E-state index is 14.0. The highest BCUT2D eigenvalue weighted by molar-refractivity contribution is 9.10. The molecular formula is C13H8BrF3N2O2. The molecule has 4 nitrogen and oxygen atoms in total. The van der Waals surface area contributed by atoms with Crippen molar-refractivity contribution >= 4 is 15.9 Å². The van der Waals surface area contributed by atoms with Crippen LogP contribution in [-0.2, 0) is 0 Å². The Morgan fingerprint density at radius 3 is 2.67 bits per heavy atom. The lowest BCUT2D eigenvalue weighted by atomic mass is 10.1. The minimum Gasteiger partial charge on any atom is -0.454 e. The van der Waals surface area contributed by atoms with Crippen LogP contribution >= 0.6 is 15.9 Å². The van der Waals surface area contributed by atoms with E-state index in [9.17, 15) is 18.3 Å². The molecule has 0 bridgehead atoms. The number of aromatic nitrogens is 2. The van der Waals surface area contributed by atoms with E-state index in [1.807, 2.05) is 0 Å². The van der Waals surface area contributed by atoms with Gasteiger partial charge in [0.1, 0.15) is 22.3 Å². The molecule has 0 saturated heterocycles. The second-order valence-electron chi connectivity index (χ2n) is 4.47. The van der Waals surface area contributed by atoms with E-state index in [-0.39, 0.29) is 27.2 Å². The third-order valence-electron chi connectivity index (χ3n) is 3.13. The number of alkyl halides is 2. The first-order chi connectivity index (χ1) is 9.99. The van der Waals surface area contributed by atoms with Crippen molar-refractivity contribution in [2.75, 3.05) is 0 Å². The van der Waals surface area contributed by atoms with Gasteiger partial charge in [-0.3, -0.25) is 4.98 Å². The fraction of sp³-hybridized carbons (Fsp3) is 0.231. The number of nitrogens with zero attached hydrogens (tertiary/aromatic N) is 2. The van der Waals surface area contributed by atoms with Crippen molar-refractivity contribution in [2.45, 2.75) is 18.4 Å². The molecule has 21 heavy (non-hydrogen) atoms. The lowest BCUT2D eigenvalue weighted by molar-refractivity contribution is 0.0462. The minimum absolute atomic E-state index is 0.00291. The van der Waals surface area contributed by atoms with Gasteiger partial charge in [-0.25, -0.2) is 18.2 Å². The number of ether oxygens (including phenoxy) is 1. The summed E-state index contributed by atoms with van der Waals surface area (Å²) in [5.41, 5.74) is -0.141. The number of fused-ring (bicyclic) bond motifs is 1. The summed E-state index contributed by atoms with van der Waals surface area (Å²) in [4.78, 5) is 7.47. The van der Waals surface area contributed by atoms with Crippen molar-refractivity contribution in [2.24, 2.45) is 0 Å². The second kappa shape index (κ2) is 5.27. The van der Waals surface area contributed by atoms with E-state index < -0.39 is 24.3 Å². The van der Waals surface area contributed by atoms with Gasteiger partial charge in [-0.2, -0.15) is 0 Å². The summed E-state index contributed by atoms with van der Waals surface area (Å²) in [5.74, 6) is -0.702. The van der Waals surface area contributed by atoms with Gasteiger partial charge in [0.2, 0.25) is 0 Å². The van der Waals surface area contributed by atoms with Crippen LogP contribution in [0.25, 0.3) is 0 Å². The molecule has 0 amide bonds. The summed E-state index contributed by atoms with van der Waals surface area (Å²) < 4.78 is 46.2. The Hall–Kier alpha value is -1.67. The van der Waals surface area contributed by atoms with Gasteiger partial charge in [0, 0.05) is 17.2 Å². The van der Waals surface area contributed by atoms with Gasteiger partial charge in [-0.05, 0) is 15.9 Å². The number of rotatable bonds is 2. The Labute approximate surface area is 125 Å². The molecule has 3 rings (SSSR count). The number of hydrogen-bond acceptors (Lipinski definition) is 4. The van der Waals surface area contributed by atoms with Crippen molar-refractivity contribution in [3.63, 3.8) is 0 Å². The lowest BCUT2D eigenvalue weighted by Crippen LogP contribution is -2.09. The molecule has 2 heterocycles. The van der Waals surface area contributed by atoms with Crippen LogP contribution in [0.2, 0.25) is 0 Å². The molecule has 1 N–H and O–H groups in total. The molecule has 0 aliphatic heterocycles.